The predicted octanol–water partition coefficient (Wildman–Crippen LogP) is 0.192. The fourth-order valence-electron chi connectivity index (χ4n) is 0.768. The number of methoxy groups -OCH3 is 1. The van der Waals surface area contributed by atoms with Gasteiger partial charge in [0, 0.05) is 5.69 Å². The first-order chi connectivity index (χ1) is 4.72. The van der Waals surface area contributed by atoms with Gasteiger partial charge < -0.3 is 4.74 Å². The van der Waals surface area contributed by atoms with E-state index in [1.807, 2.05) is 6.92 Å². The van der Waals surface area contributed by atoms with Crippen LogP contribution in [0.15, 0.2) is 12.1 Å². The molecule has 0 saturated carbocycles. The highest BCUT2D eigenvalue weighted by Gasteiger charge is 1.93. The summed E-state index contributed by atoms with van der Waals surface area (Å²) in [5, 5.41) is 0. The Morgan fingerprint density at radius 2 is 2.20 bits per heavy atom. The monoisotopic (exact) mass is 133 g/mol. The van der Waals surface area contributed by atoms with Crippen LogP contribution < -0.4 is 10.2 Å². The number of nitrogens with zero attached hydrogens (tertiary/aromatic N) is 1. The molecule has 0 N–H and O–H groups in total. The summed E-state index contributed by atoms with van der Waals surface area (Å²) in [7, 11) is 7.09. The van der Waals surface area contributed by atoms with Gasteiger partial charge in [-0.1, -0.05) is 5.46 Å². The average molecular weight is 133 g/mol. The Morgan fingerprint density at radius 1 is 1.50 bits per heavy atom. The molecule has 0 aromatic carbocycles. The van der Waals surface area contributed by atoms with E-state index in [1.165, 1.54) is 0 Å². The molecule has 0 aliphatic rings. The molecule has 2 radical (unpaired) electrons. The van der Waals surface area contributed by atoms with Gasteiger partial charge in [0.05, 0.1) is 7.11 Å². The molecule has 10 heavy (non-hydrogen) atoms. The van der Waals surface area contributed by atoms with Crippen molar-refractivity contribution < 1.29 is 4.74 Å². The summed E-state index contributed by atoms with van der Waals surface area (Å²) in [6.07, 6.45) is 0. The Morgan fingerprint density at radius 3 is 2.70 bits per heavy atom. The van der Waals surface area contributed by atoms with Crippen LogP contribution in [0, 0.1) is 6.92 Å². The molecule has 0 saturated heterocycles. The summed E-state index contributed by atoms with van der Waals surface area (Å²) >= 11 is 0. The molecule has 0 aliphatic carbocycles. The molecular formula is C7H8BNO. The SMILES string of the molecule is [B]c1cc(C)nc(OC)c1. The first-order valence-corrected chi connectivity index (χ1v) is 3.00. The van der Waals surface area contributed by atoms with Crippen LogP contribution in [0.5, 0.6) is 5.88 Å². The van der Waals surface area contributed by atoms with Crippen LogP contribution in [0.4, 0.5) is 0 Å². The van der Waals surface area contributed by atoms with Crippen molar-refractivity contribution in [3.05, 3.63) is 17.8 Å². The van der Waals surface area contributed by atoms with Gasteiger partial charge >= 0.3 is 0 Å². The molecule has 0 spiro atoms. The lowest BCUT2D eigenvalue weighted by molar-refractivity contribution is 0.397. The van der Waals surface area contributed by atoms with Gasteiger partial charge in [0.15, 0.2) is 0 Å². The van der Waals surface area contributed by atoms with Gasteiger partial charge in [-0.05, 0) is 19.1 Å². The Bertz CT molecular complexity index is 217. The van der Waals surface area contributed by atoms with Crippen LogP contribution in [0.3, 0.4) is 0 Å². The number of aromatic nitrogens is 1. The van der Waals surface area contributed by atoms with Crippen LogP contribution in [-0.2, 0) is 0 Å². The second-order valence-corrected chi connectivity index (χ2v) is 2.08. The molecule has 2 nitrogen and oxygen atoms in total. The van der Waals surface area contributed by atoms with Crippen molar-refractivity contribution in [1.29, 1.82) is 0 Å². The first-order valence-electron chi connectivity index (χ1n) is 3.00. The number of rotatable bonds is 1. The second-order valence-electron chi connectivity index (χ2n) is 2.08. The minimum atomic E-state index is 0.567. The molecule has 0 aliphatic heterocycles. The Labute approximate surface area is 61.6 Å². The zero-order valence-electron chi connectivity index (χ0n) is 6.09. The average Bonchev–Trinajstić information content (AvgIpc) is 1.85. The fourth-order valence-corrected chi connectivity index (χ4v) is 0.768. The molecule has 50 valence electrons. The summed E-state index contributed by atoms with van der Waals surface area (Å²) < 4.78 is 4.88. The van der Waals surface area contributed by atoms with Gasteiger partial charge in [-0.15, -0.1) is 0 Å². The van der Waals surface area contributed by atoms with Crippen molar-refractivity contribution >= 4 is 13.3 Å². The number of aryl methyl sites for hydroxylation is 1. The van der Waals surface area contributed by atoms with Crippen molar-refractivity contribution in [2.45, 2.75) is 6.92 Å². The number of hydrogen-bond donors (Lipinski definition) is 0. The molecule has 0 fully saturated rings. The summed E-state index contributed by atoms with van der Waals surface area (Å²) in [6.45, 7) is 1.87. The summed E-state index contributed by atoms with van der Waals surface area (Å²) in [5.74, 6) is 0.567. The maximum Gasteiger partial charge on any atom is 0.212 e. The molecule has 0 atom stereocenters. The molecule has 1 aromatic rings. The van der Waals surface area contributed by atoms with E-state index in [2.05, 4.69) is 4.98 Å². The van der Waals surface area contributed by atoms with E-state index in [0.717, 1.165) is 5.69 Å². The van der Waals surface area contributed by atoms with Crippen molar-refractivity contribution in [2.24, 2.45) is 0 Å². The normalized spacial score (nSPS) is 9.40. The zero-order chi connectivity index (χ0) is 7.56. The smallest absolute Gasteiger partial charge is 0.212 e. The number of ether oxygens (including phenoxy) is 1. The van der Waals surface area contributed by atoms with E-state index in [0.29, 0.717) is 11.3 Å². The summed E-state index contributed by atoms with van der Waals surface area (Å²) in [6, 6.07) is 3.48. The Kier molecular flexibility index (Phi) is 1.95. The van der Waals surface area contributed by atoms with Gasteiger partial charge in [0.25, 0.3) is 0 Å². The van der Waals surface area contributed by atoms with Crippen LogP contribution in [0.2, 0.25) is 0 Å². The molecule has 0 unspecified atom stereocenters. The van der Waals surface area contributed by atoms with Crippen molar-refractivity contribution in [2.75, 3.05) is 7.11 Å². The van der Waals surface area contributed by atoms with Gasteiger partial charge in [-0.25, -0.2) is 4.98 Å². The molecule has 1 heterocycles. The second kappa shape index (κ2) is 2.73. The maximum absolute atomic E-state index is 5.52. The van der Waals surface area contributed by atoms with Crippen LogP contribution in [0.1, 0.15) is 5.69 Å². The lowest BCUT2D eigenvalue weighted by atomic mass is 9.97. The Balaban J connectivity index is 3.06. The molecule has 0 bridgehead atoms. The highest BCUT2D eigenvalue weighted by Crippen LogP contribution is 2.02. The minimum absolute atomic E-state index is 0.567. The molecule has 1 aromatic heterocycles. The number of hydrogen-bond acceptors (Lipinski definition) is 2. The van der Waals surface area contributed by atoms with Gasteiger partial charge in [0.2, 0.25) is 5.88 Å². The third-order valence-electron chi connectivity index (χ3n) is 1.16. The number of pyridine rings is 1. The maximum atomic E-state index is 5.52. The molecular weight excluding hydrogens is 125 g/mol. The van der Waals surface area contributed by atoms with Crippen LogP contribution in [0.25, 0.3) is 0 Å². The summed E-state index contributed by atoms with van der Waals surface area (Å²) in [4.78, 5) is 4.05. The molecule has 1 rings (SSSR count). The van der Waals surface area contributed by atoms with E-state index in [4.69, 9.17) is 12.6 Å². The van der Waals surface area contributed by atoms with E-state index in [1.54, 1.807) is 19.2 Å². The first kappa shape index (κ1) is 7.13. The van der Waals surface area contributed by atoms with E-state index in [-0.39, 0.29) is 0 Å². The van der Waals surface area contributed by atoms with Crippen molar-refractivity contribution in [1.82, 2.24) is 4.98 Å². The highest BCUT2D eigenvalue weighted by molar-refractivity contribution is 6.32. The lowest BCUT2D eigenvalue weighted by Crippen LogP contribution is -2.05. The third kappa shape index (κ3) is 1.50. The van der Waals surface area contributed by atoms with E-state index in [9.17, 15) is 0 Å². The van der Waals surface area contributed by atoms with Crippen LogP contribution >= 0.6 is 0 Å². The van der Waals surface area contributed by atoms with Gasteiger partial charge in [-0.3, -0.25) is 0 Å². The lowest BCUT2D eigenvalue weighted by Gasteiger charge is -2.00. The fraction of sp³-hybridized carbons (Fsp3) is 0.286. The van der Waals surface area contributed by atoms with Gasteiger partial charge in [-0.2, -0.15) is 0 Å². The topological polar surface area (TPSA) is 22.1 Å². The van der Waals surface area contributed by atoms with E-state index >= 15 is 0 Å². The molecule has 3 heteroatoms. The quantitative estimate of drug-likeness (QED) is 0.510. The van der Waals surface area contributed by atoms with Crippen molar-refractivity contribution in [3.8, 4) is 5.88 Å². The minimum Gasteiger partial charge on any atom is -0.481 e. The zero-order valence-corrected chi connectivity index (χ0v) is 6.09. The third-order valence-corrected chi connectivity index (χ3v) is 1.16. The molecule has 0 amide bonds. The van der Waals surface area contributed by atoms with Crippen LogP contribution in [-0.4, -0.2) is 19.9 Å². The summed E-state index contributed by atoms with van der Waals surface area (Å²) in [5.41, 5.74) is 1.56. The van der Waals surface area contributed by atoms with Gasteiger partial charge in [0.1, 0.15) is 7.85 Å². The predicted molar refractivity (Wildman–Crippen MR) is 40.9 cm³/mol. The highest BCUT2D eigenvalue weighted by atomic mass is 16.5. The standard InChI is InChI=1S/C7H8BNO/c1-5-3-6(8)4-7(9-5)10-2/h3-4H,1-2H3. The van der Waals surface area contributed by atoms with Crippen molar-refractivity contribution in [3.63, 3.8) is 0 Å². The largest absolute Gasteiger partial charge is 0.481 e. The Hall–Kier alpha value is -0.985. The van der Waals surface area contributed by atoms with E-state index < -0.39 is 0 Å².